The molecule has 1 heterocycles. The second kappa shape index (κ2) is 5.92. The molecule has 2 amide bonds. The van der Waals surface area contributed by atoms with Crippen molar-refractivity contribution in [1.82, 2.24) is 10.2 Å². The molecule has 1 aromatic carbocycles. The lowest BCUT2D eigenvalue weighted by Crippen LogP contribution is -2.41. The number of aromatic carboxylic acids is 1. The lowest BCUT2D eigenvalue weighted by molar-refractivity contribution is 0.0697. The van der Waals surface area contributed by atoms with E-state index in [1.807, 2.05) is 19.0 Å². The van der Waals surface area contributed by atoms with Gasteiger partial charge in [0, 0.05) is 25.3 Å². The minimum absolute atomic E-state index is 0.131. The molecular weight excluding hydrogens is 258 g/mol. The number of hydrogen-bond acceptors (Lipinski definition) is 3. The summed E-state index contributed by atoms with van der Waals surface area (Å²) in [4.78, 5) is 26.7. The molecule has 108 valence electrons. The Morgan fingerprint density at radius 1 is 1.40 bits per heavy atom. The molecule has 0 radical (unpaired) electrons. The number of carbonyl (C=O) groups is 2. The molecule has 20 heavy (non-hydrogen) atoms. The lowest BCUT2D eigenvalue weighted by Gasteiger charge is -2.19. The van der Waals surface area contributed by atoms with Gasteiger partial charge in [-0.15, -0.1) is 0 Å². The average Bonchev–Trinajstić information content (AvgIpc) is 2.80. The highest BCUT2D eigenvalue weighted by atomic mass is 16.4. The first-order chi connectivity index (χ1) is 9.49. The molecule has 0 saturated carbocycles. The van der Waals surface area contributed by atoms with Gasteiger partial charge in [-0.25, -0.2) is 9.59 Å². The number of carboxylic acids is 1. The van der Waals surface area contributed by atoms with Gasteiger partial charge in [0.2, 0.25) is 0 Å². The van der Waals surface area contributed by atoms with Gasteiger partial charge >= 0.3 is 12.0 Å². The maximum absolute atomic E-state index is 12.1. The van der Waals surface area contributed by atoms with Crippen molar-refractivity contribution in [2.45, 2.75) is 6.42 Å². The van der Waals surface area contributed by atoms with Crippen molar-refractivity contribution >= 4 is 17.7 Å². The molecule has 0 atom stereocenters. The number of anilines is 1. The Bertz CT molecular complexity index is 528. The van der Waals surface area contributed by atoms with Gasteiger partial charge in [-0.1, -0.05) is 0 Å². The fraction of sp³-hybridized carbons (Fsp3) is 0.429. The number of urea groups is 1. The number of amides is 2. The number of benzene rings is 1. The summed E-state index contributed by atoms with van der Waals surface area (Å²) in [5, 5.41) is 11.8. The van der Waals surface area contributed by atoms with E-state index in [2.05, 4.69) is 5.32 Å². The molecule has 0 bridgehead atoms. The Labute approximate surface area is 118 Å². The molecule has 0 aliphatic carbocycles. The molecule has 0 unspecified atom stereocenters. The van der Waals surface area contributed by atoms with Crippen LogP contribution in [0.15, 0.2) is 18.2 Å². The van der Waals surface area contributed by atoms with E-state index in [0.29, 0.717) is 19.5 Å². The van der Waals surface area contributed by atoms with Gasteiger partial charge in [-0.2, -0.15) is 0 Å². The Kier molecular flexibility index (Phi) is 4.24. The molecule has 2 rings (SSSR count). The number of rotatable bonds is 4. The van der Waals surface area contributed by atoms with Crippen molar-refractivity contribution in [3.63, 3.8) is 0 Å². The first-order valence-electron chi connectivity index (χ1n) is 6.55. The average molecular weight is 277 g/mol. The topological polar surface area (TPSA) is 72.9 Å². The number of nitrogens with zero attached hydrogens (tertiary/aromatic N) is 2. The lowest BCUT2D eigenvalue weighted by atomic mass is 10.1. The van der Waals surface area contributed by atoms with Gasteiger partial charge in [0.15, 0.2) is 0 Å². The van der Waals surface area contributed by atoms with Crippen LogP contribution in [0, 0.1) is 0 Å². The number of fused-ring (bicyclic) bond motifs is 1. The fourth-order valence-corrected chi connectivity index (χ4v) is 2.23. The number of carboxylic acid groups (broad SMARTS) is 1. The first kappa shape index (κ1) is 14.3. The summed E-state index contributed by atoms with van der Waals surface area (Å²) in [6.07, 6.45) is 0.692. The molecular formula is C14H19N3O3. The van der Waals surface area contributed by atoms with Gasteiger partial charge < -0.3 is 15.3 Å². The van der Waals surface area contributed by atoms with Crippen LogP contribution in [0.4, 0.5) is 10.5 Å². The third kappa shape index (κ3) is 3.08. The van der Waals surface area contributed by atoms with Crippen LogP contribution < -0.4 is 10.2 Å². The second-order valence-corrected chi connectivity index (χ2v) is 5.09. The minimum Gasteiger partial charge on any atom is -0.478 e. The van der Waals surface area contributed by atoms with Crippen molar-refractivity contribution in [3.05, 3.63) is 29.3 Å². The third-order valence-electron chi connectivity index (χ3n) is 3.30. The van der Waals surface area contributed by atoms with Crippen LogP contribution in [0.2, 0.25) is 0 Å². The highest BCUT2D eigenvalue weighted by Gasteiger charge is 2.25. The second-order valence-electron chi connectivity index (χ2n) is 5.09. The van der Waals surface area contributed by atoms with Crippen LogP contribution in [0.1, 0.15) is 15.9 Å². The SMILES string of the molecule is CN(C)CCNC(=O)N1CCc2cc(C(=O)O)ccc21. The van der Waals surface area contributed by atoms with Crippen LogP contribution in [0.25, 0.3) is 0 Å². The first-order valence-corrected chi connectivity index (χ1v) is 6.55. The van der Waals surface area contributed by atoms with Gasteiger partial charge in [0.1, 0.15) is 0 Å². The maximum atomic E-state index is 12.1. The summed E-state index contributed by atoms with van der Waals surface area (Å²) >= 11 is 0. The van der Waals surface area contributed by atoms with E-state index in [1.165, 1.54) is 6.07 Å². The van der Waals surface area contributed by atoms with Crippen LogP contribution in [0.3, 0.4) is 0 Å². The summed E-state index contributed by atoms with van der Waals surface area (Å²) in [7, 11) is 3.90. The zero-order chi connectivity index (χ0) is 14.7. The standard InChI is InChI=1S/C14H19N3O3/c1-16(2)8-6-15-14(20)17-7-5-10-9-11(13(18)19)3-4-12(10)17/h3-4,9H,5-8H2,1-2H3,(H,15,20)(H,18,19). The van der Waals surface area contributed by atoms with Crippen molar-refractivity contribution in [2.24, 2.45) is 0 Å². The quantitative estimate of drug-likeness (QED) is 0.862. The van der Waals surface area contributed by atoms with Crippen molar-refractivity contribution in [3.8, 4) is 0 Å². The van der Waals surface area contributed by atoms with E-state index in [0.717, 1.165) is 17.8 Å². The van der Waals surface area contributed by atoms with Gasteiger partial charge in [-0.05, 0) is 44.3 Å². The predicted octanol–water partition coefficient (Wildman–Crippen LogP) is 1.02. The number of hydrogen-bond donors (Lipinski definition) is 2. The molecule has 6 nitrogen and oxygen atoms in total. The molecule has 0 aromatic heterocycles. The van der Waals surface area contributed by atoms with Gasteiger partial charge in [-0.3, -0.25) is 4.90 Å². The van der Waals surface area contributed by atoms with E-state index < -0.39 is 5.97 Å². The van der Waals surface area contributed by atoms with Crippen molar-refractivity contribution in [1.29, 1.82) is 0 Å². The molecule has 0 spiro atoms. The van der Waals surface area contributed by atoms with E-state index in [9.17, 15) is 9.59 Å². The molecule has 0 saturated heterocycles. The van der Waals surface area contributed by atoms with Gasteiger partial charge in [0.25, 0.3) is 0 Å². The number of carbonyl (C=O) groups excluding carboxylic acids is 1. The summed E-state index contributed by atoms with van der Waals surface area (Å²) in [5.74, 6) is -0.943. The van der Waals surface area contributed by atoms with Crippen LogP contribution in [-0.4, -0.2) is 55.7 Å². The molecule has 1 aliphatic heterocycles. The largest absolute Gasteiger partial charge is 0.478 e. The molecule has 1 aromatic rings. The van der Waals surface area contributed by atoms with E-state index in [4.69, 9.17) is 5.11 Å². The van der Waals surface area contributed by atoms with Crippen molar-refractivity contribution < 1.29 is 14.7 Å². The van der Waals surface area contributed by atoms with E-state index >= 15 is 0 Å². The third-order valence-corrected chi connectivity index (χ3v) is 3.30. The van der Waals surface area contributed by atoms with Crippen LogP contribution in [0.5, 0.6) is 0 Å². The van der Waals surface area contributed by atoms with E-state index in [-0.39, 0.29) is 11.6 Å². The Balaban J connectivity index is 2.04. The van der Waals surface area contributed by atoms with Crippen LogP contribution >= 0.6 is 0 Å². The fourth-order valence-electron chi connectivity index (χ4n) is 2.23. The summed E-state index contributed by atoms with van der Waals surface area (Å²) in [5.41, 5.74) is 1.98. The number of nitrogens with one attached hydrogen (secondary N) is 1. The van der Waals surface area contributed by atoms with Gasteiger partial charge in [0.05, 0.1) is 5.56 Å². The summed E-state index contributed by atoms with van der Waals surface area (Å²) in [6, 6.07) is 4.75. The Morgan fingerprint density at radius 3 is 2.80 bits per heavy atom. The molecule has 0 fully saturated rings. The molecule has 1 aliphatic rings. The number of likely N-dealkylation sites (N-methyl/N-ethyl adjacent to an activating group) is 1. The van der Waals surface area contributed by atoms with Crippen molar-refractivity contribution in [2.75, 3.05) is 38.6 Å². The normalized spacial score (nSPS) is 13.4. The summed E-state index contributed by atoms with van der Waals surface area (Å²) < 4.78 is 0. The highest BCUT2D eigenvalue weighted by molar-refractivity contribution is 5.96. The molecule has 6 heteroatoms. The van der Waals surface area contributed by atoms with Crippen LogP contribution in [-0.2, 0) is 6.42 Å². The minimum atomic E-state index is -0.943. The summed E-state index contributed by atoms with van der Waals surface area (Å²) in [6.45, 7) is 1.96. The molecule has 2 N–H and O–H groups in total. The predicted molar refractivity (Wildman–Crippen MR) is 76.4 cm³/mol. The smallest absolute Gasteiger partial charge is 0.335 e. The highest BCUT2D eigenvalue weighted by Crippen LogP contribution is 2.28. The zero-order valence-corrected chi connectivity index (χ0v) is 11.7. The zero-order valence-electron chi connectivity index (χ0n) is 11.7. The monoisotopic (exact) mass is 277 g/mol. The Hall–Kier alpha value is -2.08. The maximum Gasteiger partial charge on any atom is 0.335 e. The Morgan fingerprint density at radius 2 is 2.15 bits per heavy atom. The van der Waals surface area contributed by atoms with E-state index in [1.54, 1.807) is 17.0 Å².